The Morgan fingerprint density at radius 3 is 2.25 bits per heavy atom. The molecule has 0 rings (SSSR count). The zero-order valence-corrected chi connectivity index (χ0v) is 12.0. The maximum Gasteiger partial charge on any atom is 0.0146 e. The number of unbranched alkanes of at least 4 members (excludes halogenated alkanes) is 1. The Kier molecular flexibility index (Phi) is 7.51. The second-order valence-corrected chi connectivity index (χ2v) is 6.03. The summed E-state index contributed by atoms with van der Waals surface area (Å²) >= 11 is 0. The van der Waals surface area contributed by atoms with Gasteiger partial charge in [0, 0.05) is 24.9 Å². The van der Waals surface area contributed by atoms with E-state index in [2.05, 4.69) is 58.7 Å². The van der Waals surface area contributed by atoms with E-state index in [1.165, 1.54) is 12.8 Å². The van der Waals surface area contributed by atoms with Crippen LogP contribution in [0.3, 0.4) is 0 Å². The SMILES string of the molecule is CC(C)C#CCCCC(C)(C)CNC(C)C. The van der Waals surface area contributed by atoms with E-state index >= 15 is 0 Å². The molecule has 0 bridgehead atoms. The molecule has 1 N–H and O–H groups in total. The van der Waals surface area contributed by atoms with Crippen molar-refractivity contribution in [1.29, 1.82) is 0 Å². The highest BCUT2D eigenvalue weighted by atomic mass is 14.9. The topological polar surface area (TPSA) is 12.0 Å². The summed E-state index contributed by atoms with van der Waals surface area (Å²) in [6.45, 7) is 14.4. The molecule has 1 heteroatoms. The van der Waals surface area contributed by atoms with Crippen LogP contribution in [0.4, 0.5) is 0 Å². The van der Waals surface area contributed by atoms with Crippen LogP contribution in [0.5, 0.6) is 0 Å². The van der Waals surface area contributed by atoms with Gasteiger partial charge in [0.25, 0.3) is 0 Å². The van der Waals surface area contributed by atoms with Crippen molar-refractivity contribution in [2.45, 2.75) is 66.8 Å². The average Bonchev–Trinajstić information content (AvgIpc) is 2.14. The molecule has 94 valence electrons. The molecule has 0 heterocycles. The van der Waals surface area contributed by atoms with E-state index in [0.717, 1.165) is 13.0 Å². The van der Waals surface area contributed by atoms with Gasteiger partial charge in [-0.1, -0.05) is 41.5 Å². The van der Waals surface area contributed by atoms with Crippen LogP contribution in [0, 0.1) is 23.2 Å². The highest BCUT2D eigenvalue weighted by Crippen LogP contribution is 2.22. The Morgan fingerprint density at radius 1 is 1.12 bits per heavy atom. The van der Waals surface area contributed by atoms with Crippen molar-refractivity contribution in [3.63, 3.8) is 0 Å². The van der Waals surface area contributed by atoms with Crippen LogP contribution >= 0.6 is 0 Å². The number of nitrogens with one attached hydrogen (secondary N) is 1. The van der Waals surface area contributed by atoms with Crippen LogP contribution in [0.15, 0.2) is 0 Å². The fourth-order valence-corrected chi connectivity index (χ4v) is 1.50. The molecule has 0 atom stereocenters. The molecular weight excluding hydrogens is 194 g/mol. The maximum atomic E-state index is 3.51. The van der Waals surface area contributed by atoms with Crippen molar-refractivity contribution in [3.8, 4) is 11.8 Å². The first-order chi connectivity index (χ1) is 7.33. The van der Waals surface area contributed by atoms with Gasteiger partial charge in [0.1, 0.15) is 0 Å². The van der Waals surface area contributed by atoms with Gasteiger partial charge >= 0.3 is 0 Å². The fourth-order valence-electron chi connectivity index (χ4n) is 1.50. The lowest BCUT2D eigenvalue weighted by Crippen LogP contribution is -2.33. The zero-order chi connectivity index (χ0) is 12.6. The van der Waals surface area contributed by atoms with E-state index in [4.69, 9.17) is 0 Å². The van der Waals surface area contributed by atoms with Crippen molar-refractivity contribution in [2.75, 3.05) is 6.54 Å². The van der Waals surface area contributed by atoms with E-state index < -0.39 is 0 Å². The van der Waals surface area contributed by atoms with Gasteiger partial charge in [-0.05, 0) is 18.3 Å². The first-order valence-corrected chi connectivity index (χ1v) is 6.55. The van der Waals surface area contributed by atoms with Crippen LogP contribution in [0.25, 0.3) is 0 Å². The molecule has 0 amide bonds. The molecule has 0 fully saturated rings. The third-order valence-electron chi connectivity index (χ3n) is 2.53. The van der Waals surface area contributed by atoms with Gasteiger partial charge in [-0.2, -0.15) is 0 Å². The molecule has 0 aromatic rings. The number of hydrogen-bond acceptors (Lipinski definition) is 1. The molecule has 0 unspecified atom stereocenters. The summed E-state index contributed by atoms with van der Waals surface area (Å²) in [5, 5.41) is 3.51. The van der Waals surface area contributed by atoms with Crippen LogP contribution < -0.4 is 5.32 Å². The summed E-state index contributed by atoms with van der Waals surface area (Å²) in [4.78, 5) is 0. The smallest absolute Gasteiger partial charge is 0.0146 e. The predicted molar refractivity (Wildman–Crippen MR) is 73.4 cm³/mol. The zero-order valence-electron chi connectivity index (χ0n) is 12.0. The lowest BCUT2D eigenvalue weighted by atomic mass is 9.87. The molecule has 0 aromatic carbocycles. The summed E-state index contributed by atoms with van der Waals surface area (Å²) in [5.74, 6) is 6.98. The van der Waals surface area contributed by atoms with Gasteiger partial charge in [-0.3, -0.25) is 0 Å². The first kappa shape index (κ1) is 15.5. The fraction of sp³-hybridized carbons (Fsp3) is 0.867. The van der Waals surface area contributed by atoms with Gasteiger partial charge in [0.15, 0.2) is 0 Å². The van der Waals surface area contributed by atoms with E-state index in [-0.39, 0.29) is 0 Å². The number of hydrogen-bond donors (Lipinski definition) is 1. The van der Waals surface area contributed by atoms with Crippen molar-refractivity contribution in [1.82, 2.24) is 5.32 Å². The highest BCUT2D eigenvalue weighted by Gasteiger charge is 2.16. The van der Waals surface area contributed by atoms with Gasteiger partial charge in [0.2, 0.25) is 0 Å². The van der Waals surface area contributed by atoms with E-state index in [1.54, 1.807) is 0 Å². The molecule has 0 saturated carbocycles. The van der Waals surface area contributed by atoms with Crippen molar-refractivity contribution in [3.05, 3.63) is 0 Å². The van der Waals surface area contributed by atoms with Gasteiger partial charge in [-0.15, -0.1) is 11.8 Å². The highest BCUT2D eigenvalue weighted by molar-refractivity contribution is 5.01. The summed E-state index contributed by atoms with van der Waals surface area (Å²) in [6.07, 6.45) is 3.51. The van der Waals surface area contributed by atoms with Crippen molar-refractivity contribution >= 4 is 0 Å². The quantitative estimate of drug-likeness (QED) is 0.533. The van der Waals surface area contributed by atoms with Gasteiger partial charge in [0.05, 0.1) is 0 Å². The standard InChI is InChI=1S/C15H29N/c1-13(2)10-8-7-9-11-15(5,6)12-16-14(3)4/h13-14,16H,7,9,11-12H2,1-6H3. The third kappa shape index (κ3) is 10.1. The van der Waals surface area contributed by atoms with Gasteiger partial charge < -0.3 is 5.32 Å². The lowest BCUT2D eigenvalue weighted by molar-refractivity contribution is 0.298. The van der Waals surface area contributed by atoms with E-state index in [9.17, 15) is 0 Å². The van der Waals surface area contributed by atoms with Crippen molar-refractivity contribution in [2.24, 2.45) is 11.3 Å². The second-order valence-electron chi connectivity index (χ2n) is 6.03. The minimum Gasteiger partial charge on any atom is -0.314 e. The largest absolute Gasteiger partial charge is 0.314 e. The second kappa shape index (κ2) is 7.74. The minimum atomic E-state index is 0.393. The molecule has 0 saturated heterocycles. The summed E-state index contributed by atoms with van der Waals surface area (Å²) in [6, 6.07) is 0.583. The summed E-state index contributed by atoms with van der Waals surface area (Å²) in [5.41, 5.74) is 0.393. The molecular formula is C15H29N. The molecule has 0 radical (unpaired) electrons. The van der Waals surface area contributed by atoms with Crippen LogP contribution in [0.1, 0.15) is 60.8 Å². The van der Waals surface area contributed by atoms with Gasteiger partial charge in [-0.25, -0.2) is 0 Å². The molecule has 0 aliphatic carbocycles. The monoisotopic (exact) mass is 223 g/mol. The number of rotatable bonds is 6. The third-order valence-corrected chi connectivity index (χ3v) is 2.53. The molecule has 0 spiro atoms. The average molecular weight is 223 g/mol. The Bertz CT molecular complexity index is 228. The molecule has 1 nitrogen and oxygen atoms in total. The molecule has 0 aromatic heterocycles. The van der Waals surface area contributed by atoms with Crippen LogP contribution in [-0.2, 0) is 0 Å². The predicted octanol–water partition coefficient (Wildman–Crippen LogP) is 3.84. The van der Waals surface area contributed by atoms with Crippen LogP contribution in [0.2, 0.25) is 0 Å². The normalized spacial score (nSPS) is 11.8. The first-order valence-electron chi connectivity index (χ1n) is 6.55. The molecule has 0 aliphatic heterocycles. The Hall–Kier alpha value is -0.480. The van der Waals surface area contributed by atoms with Crippen LogP contribution in [-0.4, -0.2) is 12.6 Å². The summed E-state index contributed by atoms with van der Waals surface area (Å²) < 4.78 is 0. The minimum absolute atomic E-state index is 0.393. The lowest BCUT2D eigenvalue weighted by Gasteiger charge is -2.26. The molecule has 16 heavy (non-hydrogen) atoms. The Morgan fingerprint density at radius 2 is 1.75 bits per heavy atom. The van der Waals surface area contributed by atoms with E-state index in [1.807, 2.05) is 0 Å². The Balaban J connectivity index is 3.70. The van der Waals surface area contributed by atoms with Crippen molar-refractivity contribution < 1.29 is 0 Å². The Labute approximate surface area is 102 Å². The van der Waals surface area contributed by atoms with E-state index in [0.29, 0.717) is 17.4 Å². The molecule has 0 aliphatic rings. The maximum absolute atomic E-state index is 3.51. The summed E-state index contributed by atoms with van der Waals surface area (Å²) in [7, 11) is 0.